The molecule has 0 spiro atoms. The molecule has 17 heavy (non-hydrogen) atoms. The van der Waals surface area contributed by atoms with Gasteiger partial charge in [-0.3, -0.25) is 0 Å². The SMILES string of the molecule is CCCNCCN(C)c1ncnc2ccsc12. The molecule has 0 saturated carbocycles. The number of nitrogens with one attached hydrogen (secondary N) is 1. The Morgan fingerprint density at radius 1 is 1.35 bits per heavy atom. The highest BCUT2D eigenvalue weighted by Crippen LogP contribution is 2.26. The van der Waals surface area contributed by atoms with E-state index in [4.69, 9.17) is 0 Å². The average Bonchev–Trinajstić information content (AvgIpc) is 2.82. The van der Waals surface area contributed by atoms with Gasteiger partial charge in [-0.1, -0.05) is 6.92 Å². The number of anilines is 1. The molecule has 2 aromatic heterocycles. The quantitative estimate of drug-likeness (QED) is 0.797. The number of likely N-dealkylation sites (N-methyl/N-ethyl adjacent to an activating group) is 1. The molecule has 4 nitrogen and oxygen atoms in total. The van der Waals surface area contributed by atoms with Crippen molar-refractivity contribution in [3.05, 3.63) is 17.8 Å². The van der Waals surface area contributed by atoms with E-state index in [9.17, 15) is 0 Å². The lowest BCUT2D eigenvalue weighted by atomic mass is 10.4. The van der Waals surface area contributed by atoms with Gasteiger partial charge >= 0.3 is 0 Å². The van der Waals surface area contributed by atoms with Gasteiger partial charge in [0.25, 0.3) is 0 Å². The minimum absolute atomic E-state index is 0.962. The maximum Gasteiger partial charge on any atom is 0.149 e. The van der Waals surface area contributed by atoms with Gasteiger partial charge in [-0.05, 0) is 24.4 Å². The Labute approximate surface area is 106 Å². The van der Waals surface area contributed by atoms with Crippen molar-refractivity contribution in [2.45, 2.75) is 13.3 Å². The monoisotopic (exact) mass is 250 g/mol. The third-order valence-electron chi connectivity index (χ3n) is 2.64. The molecule has 0 saturated heterocycles. The van der Waals surface area contributed by atoms with E-state index in [1.165, 1.54) is 11.1 Å². The zero-order valence-corrected chi connectivity index (χ0v) is 11.1. The van der Waals surface area contributed by atoms with Crippen LogP contribution in [0.15, 0.2) is 17.8 Å². The summed E-state index contributed by atoms with van der Waals surface area (Å²) >= 11 is 1.70. The summed E-state index contributed by atoms with van der Waals surface area (Å²) in [6, 6.07) is 2.04. The van der Waals surface area contributed by atoms with Crippen LogP contribution in [0.3, 0.4) is 0 Å². The minimum Gasteiger partial charge on any atom is -0.357 e. The molecule has 0 unspecified atom stereocenters. The molecular formula is C12H18N4S. The summed E-state index contributed by atoms with van der Waals surface area (Å²) in [6.45, 7) is 5.20. The molecule has 0 amide bonds. The van der Waals surface area contributed by atoms with E-state index in [1.54, 1.807) is 17.7 Å². The predicted octanol–water partition coefficient (Wildman–Crippen LogP) is 2.13. The van der Waals surface area contributed by atoms with Gasteiger partial charge in [-0.2, -0.15) is 0 Å². The maximum atomic E-state index is 4.38. The number of hydrogen-bond donors (Lipinski definition) is 1. The van der Waals surface area contributed by atoms with Crippen LogP contribution in [0.2, 0.25) is 0 Å². The number of hydrogen-bond acceptors (Lipinski definition) is 5. The molecule has 0 atom stereocenters. The number of rotatable bonds is 6. The van der Waals surface area contributed by atoms with Gasteiger partial charge < -0.3 is 10.2 Å². The highest BCUT2D eigenvalue weighted by Gasteiger charge is 2.08. The Balaban J connectivity index is 2.03. The van der Waals surface area contributed by atoms with Crippen molar-refractivity contribution in [2.75, 3.05) is 31.6 Å². The first-order valence-electron chi connectivity index (χ1n) is 5.93. The molecule has 5 heteroatoms. The summed E-state index contributed by atoms with van der Waals surface area (Å²) in [4.78, 5) is 10.8. The number of fused-ring (bicyclic) bond motifs is 1. The zero-order valence-electron chi connectivity index (χ0n) is 10.3. The number of aromatic nitrogens is 2. The van der Waals surface area contributed by atoms with Crippen LogP contribution >= 0.6 is 11.3 Å². The summed E-state index contributed by atoms with van der Waals surface area (Å²) in [5.41, 5.74) is 1.04. The van der Waals surface area contributed by atoms with E-state index in [0.29, 0.717) is 0 Å². The predicted molar refractivity (Wildman–Crippen MR) is 73.8 cm³/mol. The van der Waals surface area contributed by atoms with Gasteiger partial charge in [-0.25, -0.2) is 9.97 Å². The lowest BCUT2D eigenvalue weighted by Gasteiger charge is -2.18. The first-order valence-corrected chi connectivity index (χ1v) is 6.81. The van der Waals surface area contributed by atoms with Crippen molar-refractivity contribution < 1.29 is 0 Å². The smallest absolute Gasteiger partial charge is 0.149 e. The minimum atomic E-state index is 0.962. The molecule has 0 radical (unpaired) electrons. The second kappa shape index (κ2) is 5.93. The van der Waals surface area contributed by atoms with E-state index < -0.39 is 0 Å². The molecule has 92 valence electrons. The van der Waals surface area contributed by atoms with Crippen LogP contribution in [0.1, 0.15) is 13.3 Å². The zero-order chi connectivity index (χ0) is 12.1. The lowest BCUT2D eigenvalue weighted by Crippen LogP contribution is -2.30. The first-order chi connectivity index (χ1) is 8.33. The molecule has 2 rings (SSSR count). The van der Waals surface area contributed by atoms with Crippen LogP contribution in [-0.4, -0.2) is 36.6 Å². The van der Waals surface area contributed by atoms with Crippen molar-refractivity contribution in [3.8, 4) is 0 Å². The Morgan fingerprint density at radius 3 is 3.06 bits per heavy atom. The Hall–Kier alpha value is -1.20. The topological polar surface area (TPSA) is 41.0 Å². The van der Waals surface area contributed by atoms with Crippen LogP contribution in [-0.2, 0) is 0 Å². The third-order valence-corrected chi connectivity index (χ3v) is 3.54. The van der Waals surface area contributed by atoms with E-state index in [1.807, 2.05) is 6.07 Å². The summed E-state index contributed by atoms with van der Waals surface area (Å²) in [5, 5.41) is 5.46. The fourth-order valence-electron chi connectivity index (χ4n) is 1.70. The Morgan fingerprint density at radius 2 is 2.24 bits per heavy atom. The molecule has 0 aliphatic heterocycles. The Kier molecular flexibility index (Phi) is 4.28. The standard InChI is InChI=1S/C12H18N4S/c1-3-5-13-6-7-16(2)12-11-10(4-8-17-11)14-9-15-12/h4,8-9,13H,3,5-7H2,1-2H3. The molecule has 0 aliphatic rings. The molecule has 0 aromatic carbocycles. The fraction of sp³-hybridized carbons (Fsp3) is 0.500. The highest BCUT2D eigenvalue weighted by atomic mass is 32.1. The van der Waals surface area contributed by atoms with Crippen molar-refractivity contribution in [1.29, 1.82) is 0 Å². The molecule has 0 bridgehead atoms. The summed E-state index contributed by atoms with van der Waals surface area (Å²) < 4.78 is 1.17. The van der Waals surface area contributed by atoms with Crippen LogP contribution in [0.25, 0.3) is 10.2 Å². The van der Waals surface area contributed by atoms with E-state index >= 15 is 0 Å². The third kappa shape index (κ3) is 2.92. The number of thiophene rings is 1. The van der Waals surface area contributed by atoms with Crippen molar-refractivity contribution in [2.24, 2.45) is 0 Å². The first kappa shape index (κ1) is 12.3. The number of nitrogens with zero attached hydrogens (tertiary/aromatic N) is 3. The van der Waals surface area contributed by atoms with Crippen molar-refractivity contribution in [3.63, 3.8) is 0 Å². The van der Waals surface area contributed by atoms with Crippen LogP contribution in [0.5, 0.6) is 0 Å². The van der Waals surface area contributed by atoms with E-state index in [-0.39, 0.29) is 0 Å². The van der Waals surface area contributed by atoms with Gasteiger partial charge in [0.15, 0.2) is 0 Å². The maximum absolute atomic E-state index is 4.38. The van der Waals surface area contributed by atoms with Gasteiger partial charge in [0.1, 0.15) is 12.1 Å². The average molecular weight is 250 g/mol. The lowest BCUT2D eigenvalue weighted by molar-refractivity contribution is 0.664. The van der Waals surface area contributed by atoms with Gasteiger partial charge in [0, 0.05) is 20.1 Å². The van der Waals surface area contributed by atoms with E-state index in [2.05, 4.69) is 39.5 Å². The van der Waals surface area contributed by atoms with Gasteiger partial charge in [0.2, 0.25) is 0 Å². The van der Waals surface area contributed by atoms with Crippen LogP contribution in [0, 0.1) is 0 Å². The molecule has 0 fully saturated rings. The molecule has 2 heterocycles. The van der Waals surface area contributed by atoms with Gasteiger partial charge in [0.05, 0.1) is 10.2 Å². The summed E-state index contributed by atoms with van der Waals surface area (Å²) in [5.74, 6) is 1.03. The fourth-order valence-corrected chi connectivity index (χ4v) is 2.59. The molecule has 1 N–H and O–H groups in total. The second-order valence-corrected chi connectivity index (χ2v) is 4.92. The van der Waals surface area contributed by atoms with E-state index in [0.717, 1.165) is 31.0 Å². The largest absolute Gasteiger partial charge is 0.357 e. The highest BCUT2D eigenvalue weighted by molar-refractivity contribution is 7.17. The van der Waals surface area contributed by atoms with Crippen LogP contribution in [0.4, 0.5) is 5.82 Å². The van der Waals surface area contributed by atoms with Crippen molar-refractivity contribution >= 4 is 27.4 Å². The van der Waals surface area contributed by atoms with Crippen LogP contribution < -0.4 is 10.2 Å². The summed E-state index contributed by atoms with van der Waals surface area (Å²) in [6.07, 6.45) is 2.81. The molecular weight excluding hydrogens is 232 g/mol. The van der Waals surface area contributed by atoms with Crippen molar-refractivity contribution in [1.82, 2.24) is 15.3 Å². The molecule has 2 aromatic rings. The normalized spacial score (nSPS) is 10.9. The van der Waals surface area contributed by atoms with Gasteiger partial charge in [-0.15, -0.1) is 11.3 Å². The second-order valence-electron chi connectivity index (χ2n) is 4.00. The Bertz CT molecular complexity index is 468. The summed E-state index contributed by atoms with van der Waals surface area (Å²) in [7, 11) is 2.08. The molecule has 0 aliphatic carbocycles.